The van der Waals surface area contributed by atoms with Crippen molar-refractivity contribution in [3.8, 4) is 5.75 Å². The van der Waals surface area contributed by atoms with Gasteiger partial charge in [0.05, 0.1) is 12.6 Å². The summed E-state index contributed by atoms with van der Waals surface area (Å²) in [6, 6.07) is 2.60. The molecule has 1 aromatic heterocycles. The molecule has 7 amide bonds. The molecule has 9 atom stereocenters. The predicted octanol–water partition coefficient (Wildman–Crippen LogP) is 0.606. The smallest absolute Gasteiger partial charge is 0.333 e. The number of nitrogens with zero attached hydrogens (tertiary/aromatic N) is 5. The van der Waals surface area contributed by atoms with Crippen LogP contribution >= 0.6 is 0 Å². The first-order valence-electron chi connectivity index (χ1n) is 21.1. The van der Waals surface area contributed by atoms with E-state index >= 15 is 0 Å². The lowest BCUT2D eigenvalue weighted by Gasteiger charge is -2.37. The topological polar surface area (TPSA) is 248 Å². The molecular formula is C44H62N8O11. The zero-order chi connectivity index (χ0) is 47.0. The Kier molecular flexibility index (Phi) is 16.8. The molecule has 0 radical (unpaired) electrons. The number of carbonyl (C=O) groups excluding carboxylic acids is 8. The molecule has 2 aliphatic rings. The van der Waals surface area contributed by atoms with Crippen LogP contribution in [0.5, 0.6) is 5.75 Å². The Morgan fingerprint density at radius 2 is 1.52 bits per heavy atom. The number of nitrogens with one attached hydrogen (secondary N) is 3. The maximum absolute atomic E-state index is 14.5. The molecule has 1 aromatic carbocycles. The molecule has 2 aromatic rings. The first-order chi connectivity index (χ1) is 29.5. The molecule has 5 N–H and O–H groups in total. The number of hydrogen-bond donors (Lipinski definition) is 5. The van der Waals surface area contributed by atoms with Crippen LogP contribution in [-0.2, 0) is 38.3 Å². The lowest BCUT2D eigenvalue weighted by Crippen LogP contribution is -2.60. The summed E-state index contributed by atoms with van der Waals surface area (Å²) in [7, 11) is 4.13. The highest BCUT2D eigenvalue weighted by Gasteiger charge is 2.45. The third kappa shape index (κ3) is 11.9. The quantitative estimate of drug-likeness (QED) is 0.240. The summed E-state index contributed by atoms with van der Waals surface area (Å²) in [6.07, 6.45) is -1.52. The van der Waals surface area contributed by atoms with Gasteiger partial charge in [0, 0.05) is 40.3 Å². The molecule has 4 rings (SSSR count). The number of esters is 1. The summed E-state index contributed by atoms with van der Waals surface area (Å²) in [5.41, 5.74) is -0.145. The number of pyridine rings is 1. The van der Waals surface area contributed by atoms with E-state index in [9.17, 15) is 48.6 Å². The van der Waals surface area contributed by atoms with Gasteiger partial charge in [-0.1, -0.05) is 65.0 Å². The van der Waals surface area contributed by atoms with Gasteiger partial charge in [-0.05, 0) is 55.7 Å². The zero-order valence-electron chi connectivity index (χ0n) is 37.6. The van der Waals surface area contributed by atoms with Gasteiger partial charge in [-0.25, -0.2) is 9.78 Å². The van der Waals surface area contributed by atoms with Gasteiger partial charge in [-0.3, -0.25) is 33.6 Å². The summed E-state index contributed by atoms with van der Waals surface area (Å²) in [5.74, 6) is -7.75. The van der Waals surface area contributed by atoms with Crippen LogP contribution in [0.15, 0.2) is 48.7 Å². The second-order valence-corrected chi connectivity index (χ2v) is 17.3. The maximum atomic E-state index is 14.5. The largest absolute Gasteiger partial charge is 0.505 e. The predicted molar refractivity (Wildman–Crippen MR) is 228 cm³/mol. The number of ether oxygens (including phenoxy) is 1. The maximum Gasteiger partial charge on any atom is 0.333 e. The number of fused-ring (bicyclic) bond motifs is 1. The Morgan fingerprint density at radius 1 is 0.873 bits per heavy atom. The van der Waals surface area contributed by atoms with E-state index in [4.69, 9.17) is 4.74 Å². The fraction of sp³-hybridized carbons (Fsp3) is 0.568. The van der Waals surface area contributed by atoms with Crippen molar-refractivity contribution in [2.24, 2.45) is 17.8 Å². The zero-order valence-corrected chi connectivity index (χ0v) is 37.6. The number of benzene rings is 1. The monoisotopic (exact) mass is 878 g/mol. The number of hydrogen-bond acceptors (Lipinski definition) is 12. The van der Waals surface area contributed by atoms with Crippen molar-refractivity contribution in [2.75, 3.05) is 34.2 Å². The van der Waals surface area contributed by atoms with Crippen LogP contribution in [0, 0.1) is 17.8 Å². The van der Waals surface area contributed by atoms with Crippen molar-refractivity contribution in [1.82, 2.24) is 40.5 Å². The lowest BCUT2D eigenvalue weighted by atomic mass is 9.88. The molecule has 19 heteroatoms. The fourth-order valence-electron chi connectivity index (χ4n) is 7.82. The summed E-state index contributed by atoms with van der Waals surface area (Å²) in [4.78, 5) is 122. The van der Waals surface area contributed by atoms with Crippen molar-refractivity contribution in [3.63, 3.8) is 0 Å². The third-order valence-corrected chi connectivity index (χ3v) is 11.7. The first kappa shape index (κ1) is 49.5. The SMILES string of the molecule is CC(C)C[C@H]1NC(=O)[C@@H](NC(=O)c2ncccc2O)[C@@H](C)OC(=O)[C@H](c2ccccc2)N(C)C(=O)[C@H](C)NC(=O)[C@H](C(C)C(C)C)N(C)C(=O)CN(C)C(=O)[C@H]2C[C@@H](O)CN2C1=O. The summed E-state index contributed by atoms with van der Waals surface area (Å²) < 4.78 is 5.91. The van der Waals surface area contributed by atoms with Gasteiger partial charge in [0.15, 0.2) is 11.7 Å². The highest BCUT2D eigenvalue weighted by Crippen LogP contribution is 2.26. The molecule has 19 nitrogen and oxygen atoms in total. The van der Waals surface area contributed by atoms with Crippen molar-refractivity contribution in [2.45, 2.75) is 110 Å². The summed E-state index contributed by atoms with van der Waals surface area (Å²) in [6.45, 7) is 11.1. The van der Waals surface area contributed by atoms with Gasteiger partial charge < -0.3 is 50.5 Å². The molecule has 0 aliphatic carbocycles. The number of likely N-dealkylation sites (N-methyl/N-ethyl adjacent to an activating group) is 3. The summed E-state index contributed by atoms with van der Waals surface area (Å²) >= 11 is 0. The highest BCUT2D eigenvalue weighted by atomic mass is 16.5. The van der Waals surface area contributed by atoms with Crippen LogP contribution < -0.4 is 16.0 Å². The molecule has 344 valence electrons. The second-order valence-electron chi connectivity index (χ2n) is 17.3. The van der Waals surface area contributed by atoms with Gasteiger partial charge in [-0.15, -0.1) is 0 Å². The van der Waals surface area contributed by atoms with E-state index in [-0.39, 0.29) is 31.2 Å². The standard InChI is InChI=1S/C44H62N8O11/c1-23(2)19-30-42(60)52-21-29(53)20-31(52)43(61)49(8)22-33(55)50(9)36(25(5)24(3)4)40(58)46-26(6)41(59)51(10)37(28-15-12-11-13-16-28)44(62)63-27(7)34(38(56)47-30)48-39(57)35-32(54)17-14-18-45-35/h11-18,23-27,29-31,34,36-37,53-54H,19-22H2,1-10H3,(H,46,58)(H,47,56)(H,48,57)/t25?,26-,27+,29+,30+,31+,34-,36-,37-/m0/s1. The Morgan fingerprint density at radius 3 is 2.13 bits per heavy atom. The van der Waals surface area contributed by atoms with E-state index in [2.05, 4.69) is 20.9 Å². The molecule has 2 aliphatic heterocycles. The van der Waals surface area contributed by atoms with Crippen LogP contribution in [0.3, 0.4) is 0 Å². The van der Waals surface area contributed by atoms with Gasteiger partial charge >= 0.3 is 5.97 Å². The van der Waals surface area contributed by atoms with E-state index in [1.807, 2.05) is 13.8 Å². The number of aliphatic hydroxyl groups excluding tert-OH is 1. The van der Waals surface area contributed by atoms with E-state index in [1.165, 1.54) is 58.2 Å². The van der Waals surface area contributed by atoms with Crippen molar-refractivity contribution >= 4 is 47.3 Å². The van der Waals surface area contributed by atoms with Crippen molar-refractivity contribution in [3.05, 3.63) is 59.9 Å². The molecular weight excluding hydrogens is 817 g/mol. The number of rotatable bonds is 7. The van der Waals surface area contributed by atoms with Crippen LogP contribution in [-0.4, -0.2) is 159 Å². The Labute approximate surface area is 367 Å². The Hall–Kier alpha value is -6.11. The molecule has 63 heavy (non-hydrogen) atoms. The van der Waals surface area contributed by atoms with Gasteiger partial charge in [0.1, 0.15) is 42.1 Å². The number of cyclic esters (lactones) is 1. The fourth-order valence-corrected chi connectivity index (χ4v) is 7.82. The number of aromatic nitrogens is 1. The molecule has 1 unspecified atom stereocenters. The van der Waals surface area contributed by atoms with Crippen molar-refractivity contribution in [1.29, 1.82) is 0 Å². The minimum Gasteiger partial charge on any atom is -0.505 e. The second kappa shape index (κ2) is 21.3. The van der Waals surface area contributed by atoms with Crippen LogP contribution in [0.1, 0.15) is 83.4 Å². The number of aliphatic hydroxyl groups is 1. The first-order valence-corrected chi connectivity index (χ1v) is 21.1. The van der Waals surface area contributed by atoms with E-state index in [0.29, 0.717) is 5.56 Å². The minimum absolute atomic E-state index is 0.0335. The lowest BCUT2D eigenvalue weighted by molar-refractivity contribution is -0.161. The molecule has 3 heterocycles. The van der Waals surface area contributed by atoms with Crippen LogP contribution in [0.4, 0.5) is 0 Å². The average Bonchev–Trinajstić information content (AvgIpc) is 3.62. The van der Waals surface area contributed by atoms with Crippen molar-refractivity contribution < 1.29 is 53.3 Å². The van der Waals surface area contributed by atoms with E-state index < -0.39 is 120 Å². The van der Waals surface area contributed by atoms with E-state index in [0.717, 1.165) is 14.7 Å². The number of amides is 7. The molecule has 0 saturated carbocycles. The Balaban J connectivity index is 1.86. The molecule has 0 spiro atoms. The van der Waals surface area contributed by atoms with Gasteiger partial charge in [0.25, 0.3) is 5.91 Å². The highest BCUT2D eigenvalue weighted by molar-refractivity contribution is 6.00. The molecule has 2 fully saturated rings. The van der Waals surface area contributed by atoms with Crippen LogP contribution in [0.2, 0.25) is 0 Å². The number of carbonyl (C=O) groups is 8. The van der Waals surface area contributed by atoms with Crippen LogP contribution in [0.25, 0.3) is 0 Å². The number of aromatic hydroxyl groups is 1. The van der Waals surface area contributed by atoms with Gasteiger partial charge in [0.2, 0.25) is 35.4 Å². The molecule has 0 bridgehead atoms. The average molecular weight is 879 g/mol. The molecule has 2 saturated heterocycles. The summed E-state index contributed by atoms with van der Waals surface area (Å²) in [5, 5.41) is 29.1. The van der Waals surface area contributed by atoms with E-state index in [1.54, 1.807) is 51.1 Å². The normalized spacial score (nSPS) is 27.0. The van der Waals surface area contributed by atoms with Gasteiger partial charge in [-0.2, -0.15) is 0 Å². The minimum atomic E-state index is -1.74. The third-order valence-electron chi connectivity index (χ3n) is 11.7. The Bertz CT molecular complexity index is 2020.